The molecule has 0 unspecified atom stereocenters. The van der Waals surface area contributed by atoms with E-state index in [4.69, 9.17) is 11.6 Å². The number of hydrogen-bond acceptors (Lipinski definition) is 2. The van der Waals surface area contributed by atoms with Gasteiger partial charge < -0.3 is 0 Å². The van der Waals surface area contributed by atoms with Crippen molar-refractivity contribution in [3.8, 4) is 5.69 Å². The van der Waals surface area contributed by atoms with Crippen LogP contribution in [0.15, 0.2) is 41.5 Å². The number of nitrogens with zero attached hydrogens (tertiary/aromatic N) is 3. The molecule has 102 valence electrons. The first-order valence-corrected chi connectivity index (χ1v) is 6.24. The van der Waals surface area contributed by atoms with E-state index in [1.54, 1.807) is 0 Å². The molecule has 1 aromatic carbocycles. The van der Waals surface area contributed by atoms with Gasteiger partial charge in [0.15, 0.2) is 11.5 Å². The molecule has 0 N–H and O–H groups in total. The lowest BCUT2D eigenvalue weighted by atomic mass is 10.3. The topological polar surface area (TPSA) is 39.3 Å². The van der Waals surface area contributed by atoms with Crippen LogP contribution in [0.3, 0.4) is 0 Å². The largest absolute Gasteiger partial charge is 0.338 e. The summed E-state index contributed by atoms with van der Waals surface area (Å²) in [4.78, 5) is 16.2. The SMILES string of the molecule is O=c1n(-c2ccc(F)cc2)cc(F)c2nc(CCl)cn12. The maximum atomic E-state index is 14.0. The van der Waals surface area contributed by atoms with Crippen LogP contribution < -0.4 is 5.69 Å². The summed E-state index contributed by atoms with van der Waals surface area (Å²) in [5, 5.41) is 0. The van der Waals surface area contributed by atoms with Crippen molar-refractivity contribution in [1.29, 1.82) is 0 Å². The van der Waals surface area contributed by atoms with E-state index in [0.717, 1.165) is 15.2 Å². The van der Waals surface area contributed by atoms with E-state index >= 15 is 0 Å². The number of alkyl halides is 1. The summed E-state index contributed by atoms with van der Waals surface area (Å²) in [6, 6.07) is 5.17. The van der Waals surface area contributed by atoms with Gasteiger partial charge in [0.1, 0.15) is 5.82 Å². The van der Waals surface area contributed by atoms with E-state index in [9.17, 15) is 13.6 Å². The molecule has 0 spiro atoms. The Balaban J connectivity index is 2.29. The Hall–Kier alpha value is -2.21. The van der Waals surface area contributed by atoms with Crippen molar-refractivity contribution in [2.24, 2.45) is 0 Å². The Morgan fingerprint density at radius 1 is 1.15 bits per heavy atom. The fourth-order valence-corrected chi connectivity index (χ4v) is 2.07. The summed E-state index contributed by atoms with van der Waals surface area (Å²) in [5.74, 6) is -1.02. The van der Waals surface area contributed by atoms with Gasteiger partial charge in [-0.1, -0.05) is 0 Å². The minimum Gasteiger partial charge on any atom is -0.266 e. The first-order valence-electron chi connectivity index (χ1n) is 5.71. The van der Waals surface area contributed by atoms with Gasteiger partial charge in [0.05, 0.1) is 23.5 Å². The fourth-order valence-electron chi connectivity index (χ4n) is 1.94. The highest BCUT2D eigenvalue weighted by Crippen LogP contribution is 2.12. The fraction of sp³-hybridized carbons (Fsp3) is 0.0769. The second kappa shape index (κ2) is 4.72. The minimum absolute atomic E-state index is 0.0796. The summed E-state index contributed by atoms with van der Waals surface area (Å²) in [6.07, 6.45) is 2.41. The van der Waals surface area contributed by atoms with Gasteiger partial charge >= 0.3 is 5.69 Å². The number of fused-ring (bicyclic) bond motifs is 1. The highest BCUT2D eigenvalue weighted by molar-refractivity contribution is 6.16. The van der Waals surface area contributed by atoms with Crippen molar-refractivity contribution in [2.45, 2.75) is 5.88 Å². The number of aromatic nitrogens is 3. The molecule has 20 heavy (non-hydrogen) atoms. The Kier molecular flexibility index (Phi) is 3.02. The Morgan fingerprint density at radius 3 is 2.50 bits per heavy atom. The van der Waals surface area contributed by atoms with Crippen molar-refractivity contribution >= 4 is 17.2 Å². The average Bonchev–Trinajstić information content (AvgIpc) is 2.89. The summed E-state index contributed by atoms with van der Waals surface area (Å²) >= 11 is 5.63. The second-order valence-electron chi connectivity index (χ2n) is 4.17. The third kappa shape index (κ3) is 1.98. The van der Waals surface area contributed by atoms with Crippen LogP contribution >= 0.6 is 11.6 Å². The predicted octanol–water partition coefficient (Wildman–Crippen LogP) is 2.50. The molecule has 7 heteroatoms. The molecule has 0 aliphatic carbocycles. The number of hydrogen-bond donors (Lipinski definition) is 0. The van der Waals surface area contributed by atoms with Gasteiger partial charge in [-0.3, -0.25) is 4.57 Å². The molecule has 0 radical (unpaired) electrons. The van der Waals surface area contributed by atoms with Crippen LogP contribution in [0.5, 0.6) is 0 Å². The molecule has 0 atom stereocenters. The molecule has 0 saturated heterocycles. The van der Waals surface area contributed by atoms with Gasteiger partial charge in [-0.15, -0.1) is 11.6 Å². The van der Waals surface area contributed by atoms with Crippen LogP contribution in [0, 0.1) is 11.6 Å². The monoisotopic (exact) mass is 295 g/mol. The van der Waals surface area contributed by atoms with Crippen LogP contribution in [-0.4, -0.2) is 14.0 Å². The third-order valence-electron chi connectivity index (χ3n) is 2.87. The number of benzene rings is 1. The van der Waals surface area contributed by atoms with E-state index in [0.29, 0.717) is 11.4 Å². The molecular weight excluding hydrogens is 288 g/mol. The summed E-state index contributed by atoms with van der Waals surface area (Å²) in [7, 11) is 0. The highest BCUT2D eigenvalue weighted by Gasteiger charge is 2.12. The summed E-state index contributed by atoms with van der Waals surface area (Å²) in [5.41, 5.74) is 0.179. The van der Waals surface area contributed by atoms with Crippen molar-refractivity contribution < 1.29 is 8.78 Å². The Morgan fingerprint density at radius 2 is 1.85 bits per heavy atom. The lowest BCUT2D eigenvalue weighted by molar-refractivity contribution is 0.607. The molecular formula is C13H8ClF2N3O. The summed E-state index contributed by atoms with van der Waals surface area (Å²) < 4.78 is 29.0. The van der Waals surface area contributed by atoms with E-state index in [1.165, 1.54) is 30.5 Å². The van der Waals surface area contributed by atoms with Crippen LogP contribution in [0.4, 0.5) is 8.78 Å². The van der Waals surface area contributed by atoms with Gasteiger partial charge in [-0.25, -0.2) is 23.0 Å². The highest BCUT2D eigenvalue weighted by atomic mass is 35.5. The molecule has 0 aliphatic heterocycles. The molecule has 0 amide bonds. The lowest BCUT2D eigenvalue weighted by Gasteiger charge is -2.06. The number of halogens is 3. The summed E-state index contributed by atoms with van der Waals surface area (Å²) in [6.45, 7) is 0. The Labute approximate surface area is 116 Å². The van der Waals surface area contributed by atoms with E-state index in [2.05, 4.69) is 4.98 Å². The van der Waals surface area contributed by atoms with E-state index < -0.39 is 17.3 Å². The van der Waals surface area contributed by atoms with E-state index in [1.807, 2.05) is 0 Å². The molecule has 2 aromatic heterocycles. The maximum absolute atomic E-state index is 14.0. The normalized spacial score (nSPS) is 11.2. The van der Waals surface area contributed by atoms with Crippen LogP contribution in [-0.2, 0) is 5.88 Å². The van der Waals surface area contributed by atoms with Gasteiger partial charge in [0.2, 0.25) is 0 Å². The maximum Gasteiger partial charge on any atom is 0.338 e. The van der Waals surface area contributed by atoms with Gasteiger partial charge in [-0.2, -0.15) is 0 Å². The van der Waals surface area contributed by atoms with Crippen molar-refractivity contribution in [3.05, 3.63) is 64.5 Å². The first-order chi connectivity index (χ1) is 9.60. The molecule has 0 aliphatic rings. The zero-order chi connectivity index (χ0) is 14.3. The van der Waals surface area contributed by atoms with Crippen molar-refractivity contribution in [2.75, 3.05) is 0 Å². The lowest BCUT2D eigenvalue weighted by Crippen LogP contribution is -2.25. The second-order valence-corrected chi connectivity index (χ2v) is 4.43. The number of imidazole rings is 1. The van der Waals surface area contributed by atoms with Crippen LogP contribution in [0.1, 0.15) is 5.69 Å². The van der Waals surface area contributed by atoms with E-state index in [-0.39, 0.29) is 11.5 Å². The molecule has 3 aromatic rings. The van der Waals surface area contributed by atoms with Crippen molar-refractivity contribution in [3.63, 3.8) is 0 Å². The molecule has 3 rings (SSSR count). The zero-order valence-corrected chi connectivity index (χ0v) is 10.8. The Bertz CT molecular complexity index is 839. The first kappa shape index (κ1) is 12.8. The minimum atomic E-state index is -0.662. The zero-order valence-electron chi connectivity index (χ0n) is 10.1. The average molecular weight is 296 g/mol. The van der Waals surface area contributed by atoms with Gasteiger partial charge in [-0.05, 0) is 24.3 Å². The van der Waals surface area contributed by atoms with Crippen molar-refractivity contribution in [1.82, 2.24) is 14.0 Å². The van der Waals surface area contributed by atoms with Crippen LogP contribution in [0.2, 0.25) is 0 Å². The predicted molar refractivity (Wildman–Crippen MR) is 70.3 cm³/mol. The van der Waals surface area contributed by atoms with Crippen LogP contribution in [0.25, 0.3) is 11.3 Å². The quantitative estimate of drug-likeness (QED) is 0.682. The third-order valence-corrected chi connectivity index (χ3v) is 3.14. The number of rotatable bonds is 2. The van der Waals surface area contributed by atoms with Gasteiger partial charge in [0, 0.05) is 6.20 Å². The molecule has 0 bridgehead atoms. The standard InChI is InChI=1S/C13H8ClF2N3O/c14-5-9-6-19-12(17-9)11(16)7-18(13(19)20)10-3-1-8(15)2-4-10/h1-4,6-7H,5H2. The molecule has 4 nitrogen and oxygen atoms in total. The molecule has 0 fully saturated rings. The molecule has 0 saturated carbocycles. The smallest absolute Gasteiger partial charge is 0.266 e. The molecule has 2 heterocycles. The van der Waals surface area contributed by atoms with Gasteiger partial charge in [0.25, 0.3) is 0 Å².